The number of piperazine rings is 1. The zero-order valence-electron chi connectivity index (χ0n) is 19.9. The second kappa shape index (κ2) is 8.61. The molecular formula is C26H30F3N5O2. The molecule has 5 fully saturated rings. The third kappa shape index (κ3) is 4.40. The number of alkyl halides is 3. The number of carbonyl (C=O) groups excluding carboxylic acids is 1. The molecule has 4 aliphatic carbocycles. The first-order chi connectivity index (χ1) is 17.2. The molecule has 7 nitrogen and oxygen atoms in total. The van der Waals surface area contributed by atoms with Gasteiger partial charge in [-0.2, -0.15) is 13.2 Å². The van der Waals surface area contributed by atoms with E-state index in [1.807, 2.05) is 17.0 Å². The molecule has 1 aliphatic heterocycles. The Balaban J connectivity index is 1.08. The van der Waals surface area contributed by atoms with Gasteiger partial charge in [-0.3, -0.25) is 4.79 Å². The minimum Gasteiger partial charge on any atom is -0.390 e. The van der Waals surface area contributed by atoms with Crippen LogP contribution in [0.25, 0.3) is 0 Å². The van der Waals surface area contributed by atoms with E-state index in [0.29, 0.717) is 61.3 Å². The van der Waals surface area contributed by atoms with Gasteiger partial charge in [0.05, 0.1) is 11.2 Å². The number of rotatable bonds is 4. The van der Waals surface area contributed by atoms with Crippen molar-refractivity contribution in [3.05, 3.63) is 47.8 Å². The number of nitrogens with one attached hydrogen (secondary N) is 1. The Morgan fingerprint density at radius 1 is 0.972 bits per heavy atom. The minimum atomic E-state index is -4.40. The summed E-state index contributed by atoms with van der Waals surface area (Å²) in [6, 6.07) is 8.00. The van der Waals surface area contributed by atoms with Crippen LogP contribution in [-0.2, 0) is 6.18 Å². The number of hydrogen-bond acceptors (Lipinski definition) is 6. The van der Waals surface area contributed by atoms with Crippen molar-refractivity contribution in [3.63, 3.8) is 0 Å². The number of hydrogen-bond donors (Lipinski definition) is 2. The van der Waals surface area contributed by atoms with Gasteiger partial charge in [0, 0.05) is 38.4 Å². The molecule has 0 spiro atoms. The molecule has 192 valence electrons. The summed E-state index contributed by atoms with van der Waals surface area (Å²) in [7, 11) is 0. The molecule has 0 radical (unpaired) electrons. The van der Waals surface area contributed by atoms with E-state index in [0.717, 1.165) is 44.4 Å². The third-order valence-corrected chi connectivity index (χ3v) is 8.51. The van der Waals surface area contributed by atoms with Crippen LogP contribution in [0.5, 0.6) is 0 Å². The summed E-state index contributed by atoms with van der Waals surface area (Å²) in [4.78, 5) is 25.8. The van der Waals surface area contributed by atoms with E-state index in [1.165, 1.54) is 6.07 Å². The average molecular weight is 502 g/mol. The van der Waals surface area contributed by atoms with Crippen molar-refractivity contribution in [1.82, 2.24) is 15.3 Å². The largest absolute Gasteiger partial charge is 0.417 e. The monoisotopic (exact) mass is 501 g/mol. The molecule has 4 bridgehead atoms. The first kappa shape index (κ1) is 23.5. The van der Waals surface area contributed by atoms with E-state index < -0.39 is 17.3 Å². The predicted molar refractivity (Wildman–Crippen MR) is 128 cm³/mol. The topological polar surface area (TPSA) is 81.6 Å². The van der Waals surface area contributed by atoms with Crippen LogP contribution in [0.3, 0.4) is 0 Å². The lowest BCUT2D eigenvalue weighted by atomic mass is 9.52. The zero-order valence-corrected chi connectivity index (χ0v) is 19.9. The highest BCUT2D eigenvalue weighted by molar-refractivity contribution is 5.93. The molecule has 5 aliphatic rings. The predicted octanol–water partition coefficient (Wildman–Crippen LogP) is 3.49. The fourth-order valence-electron chi connectivity index (χ4n) is 7.07. The summed E-state index contributed by atoms with van der Waals surface area (Å²) in [6.45, 7) is 2.42. The van der Waals surface area contributed by atoms with E-state index in [1.54, 1.807) is 6.07 Å². The van der Waals surface area contributed by atoms with Gasteiger partial charge in [-0.05, 0) is 74.1 Å². The van der Waals surface area contributed by atoms with E-state index in [-0.39, 0.29) is 11.9 Å². The quantitative estimate of drug-likeness (QED) is 0.668. The first-order valence-electron chi connectivity index (χ1n) is 12.7. The summed E-state index contributed by atoms with van der Waals surface area (Å²) < 4.78 is 38.4. The summed E-state index contributed by atoms with van der Waals surface area (Å²) >= 11 is 0. The van der Waals surface area contributed by atoms with Crippen molar-refractivity contribution in [2.24, 2.45) is 17.8 Å². The van der Waals surface area contributed by atoms with Crippen LogP contribution in [0.4, 0.5) is 24.8 Å². The number of carbonyl (C=O) groups is 1. The van der Waals surface area contributed by atoms with Gasteiger partial charge in [-0.25, -0.2) is 9.97 Å². The second-order valence-corrected chi connectivity index (χ2v) is 11.0. The van der Waals surface area contributed by atoms with Gasteiger partial charge in [-0.15, -0.1) is 0 Å². The van der Waals surface area contributed by atoms with E-state index >= 15 is 0 Å². The van der Waals surface area contributed by atoms with Crippen molar-refractivity contribution >= 4 is 17.5 Å². The molecule has 2 atom stereocenters. The molecule has 7 rings (SSSR count). The van der Waals surface area contributed by atoms with Crippen molar-refractivity contribution < 1.29 is 23.1 Å². The van der Waals surface area contributed by atoms with Crippen LogP contribution in [0.1, 0.15) is 48.2 Å². The molecule has 4 saturated carbocycles. The second-order valence-electron chi connectivity index (χ2n) is 11.0. The Kier molecular flexibility index (Phi) is 5.62. The molecule has 2 N–H and O–H groups in total. The maximum absolute atomic E-state index is 13.1. The fraction of sp³-hybridized carbons (Fsp3) is 0.577. The van der Waals surface area contributed by atoms with E-state index in [9.17, 15) is 23.1 Å². The highest BCUT2D eigenvalue weighted by atomic mass is 19.4. The van der Waals surface area contributed by atoms with Crippen LogP contribution in [0.2, 0.25) is 0 Å². The maximum atomic E-state index is 13.1. The van der Waals surface area contributed by atoms with Gasteiger partial charge in [-0.1, -0.05) is 6.07 Å². The normalized spacial score (nSPS) is 31.6. The molecule has 1 saturated heterocycles. The highest BCUT2D eigenvalue weighted by Crippen LogP contribution is 2.55. The van der Waals surface area contributed by atoms with Crippen molar-refractivity contribution in [2.75, 3.05) is 36.0 Å². The molecule has 0 aromatic carbocycles. The van der Waals surface area contributed by atoms with Gasteiger partial charge in [0.2, 0.25) is 0 Å². The van der Waals surface area contributed by atoms with Crippen molar-refractivity contribution in [1.29, 1.82) is 0 Å². The number of nitrogens with zero attached hydrogens (tertiary/aromatic N) is 4. The Hall–Kier alpha value is -2.88. The standard InChI is InChI=1S/C26H30F3N5O2/c27-26(28,29)19-4-5-21(30-15-19)33-6-8-34(9-7-33)22-3-1-2-20(31-22)24(35)32-23-17-10-16-11-18(23)14-25(36,12-16)13-17/h1-5,15-18,23,36H,6-14H2,(H,32,35)/t16?,17?,18?,23-,25-. The summed E-state index contributed by atoms with van der Waals surface area (Å²) in [5.74, 6) is 2.30. The smallest absolute Gasteiger partial charge is 0.390 e. The number of anilines is 2. The zero-order chi connectivity index (χ0) is 25.1. The number of halogens is 3. The van der Waals surface area contributed by atoms with E-state index in [2.05, 4.69) is 20.2 Å². The number of aromatic nitrogens is 2. The Labute approximate surface area is 207 Å². The Bertz CT molecular complexity index is 1120. The van der Waals surface area contributed by atoms with Crippen LogP contribution in [0.15, 0.2) is 36.5 Å². The third-order valence-electron chi connectivity index (χ3n) is 8.51. The SMILES string of the molecule is O=C(N[C@H]1C2CC3CC1C[C@](O)(C3)C2)c1cccc(N2CCN(c3ccc(C(F)(F)F)cn3)CC2)n1. The van der Waals surface area contributed by atoms with Gasteiger partial charge in [0.25, 0.3) is 5.91 Å². The molecule has 2 unspecified atom stereocenters. The lowest BCUT2D eigenvalue weighted by molar-refractivity contribution is -0.138. The van der Waals surface area contributed by atoms with Crippen LogP contribution in [-0.4, -0.2) is 58.8 Å². The Morgan fingerprint density at radius 2 is 1.64 bits per heavy atom. The molecular weight excluding hydrogens is 471 g/mol. The van der Waals surface area contributed by atoms with Crippen molar-refractivity contribution in [3.8, 4) is 0 Å². The summed E-state index contributed by atoms with van der Waals surface area (Å²) in [5, 5.41) is 14.0. The van der Waals surface area contributed by atoms with Crippen LogP contribution < -0.4 is 15.1 Å². The molecule has 10 heteroatoms. The highest BCUT2D eigenvalue weighted by Gasteiger charge is 2.55. The lowest BCUT2D eigenvalue weighted by Gasteiger charge is -2.58. The number of pyridine rings is 2. The van der Waals surface area contributed by atoms with Gasteiger partial charge in [0.15, 0.2) is 0 Å². The van der Waals surface area contributed by atoms with Gasteiger partial charge >= 0.3 is 6.18 Å². The maximum Gasteiger partial charge on any atom is 0.417 e. The fourth-order valence-corrected chi connectivity index (χ4v) is 7.07. The van der Waals surface area contributed by atoms with Gasteiger partial charge in [0.1, 0.15) is 17.3 Å². The molecule has 3 heterocycles. The van der Waals surface area contributed by atoms with Crippen molar-refractivity contribution in [2.45, 2.75) is 49.9 Å². The minimum absolute atomic E-state index is 0.0968. The summed E-state index contributed by atoms with van der Waals surface area (Å²) in [5.41, 5.74) is -0.908. The molecule has 1 amide bonds. The van der Waals surface area contributed by atoms with Crippen LogP contribution >= 0.6 is 0 Å². The van der Waals surface area contributed by atoms with E-state index in [4.69, 9.17) is 0 Å². The van der Waals surface area contributed by atoms with Gasteiger partial charge < -0.3 is 20.2 Å². The first-order valence-corrected chi connectivity index (χ1v) is 12.7. The average Bonchev–Trinajstić information content (AvgIpc) is 2.85. The molecule has 2 aromatic heterocycles. The number of aliphatic hydroxyl groups is 1. The Morgan fingerprint density at radius 3 is 2.22 bits per heavy atom. The van der Waals surface area contributed by atoms with Crippen LogP contribution in [0, 0.1) is 17.8 Å². The number of amides is 1. The molecule has 36 heavy (non-hydrogen) atoms. The molecule has 2 aromatic rings. The lowest BCUT2D eigenvalue weighted by Crippen LogP contribution is -2.61. The summed E-state index contributed by atoms with van der Waals surface area (Å²) in [6.07, 6.45) is 1.09.